The van der Waals surface area contributed by atoms with Crippen LogP contribution in [0.15, 0.2) is 30.5 Å². The summed E-state index contributed by atoms with van der Waals surface area (Å²) in [7, 11) is 3.57. The van der Waals surface area contributed by atoms with E-state index in [4.69, 9.17) is 4.74 Å². The molecule has 3 rings (SSSR count). The van der Waals surface area contributed by atoms with Gasteiger partial charge in [0.25, 0.3) is 5.91 Å². The van der Waals surface area contributed by atoms with Gasteiger partial charge in [-0.25, -0.2) is 0 Å². The van der Waals surface area contributed by atoms with Crippen molar-refractivity contribution in [3.8, 4) is 0 Å². The van der Waals surface area contributed by atoms with Gasteiger partial charge in [-0.2, -0.15) is 5.10 Å². The van der Waals surface area contributed by atoms with Gasteiger partial charge in [-0.15, -0.1) is 0 Å². The second kappa shape index (κ2) is 7.29. The van der Waals surface area contributed by atoms with Gasteiger partial charge in [-0.1, -0.05) is 29.8 Å². The van der Waals surface area contributed by atoms with Crippen LogP contribution >= 0.6 is 0 Å². The summed E-state index contributed by atoms with van der Waals surface area (Å²) >= 11 is 0. The standard InChI is InChI=1S/C19H24N4O3/c1-12-5-7-14(8-6-12)17-18(26-11-16(24)22(17)3)19(25)20-9-15-10-21-23(4)13(15)2/h5-8,10,17-18H,9,11H2,1-4H3,(H,20,25)/t17-,18-/m1/s1. The number of aryl methyl sites for hydroxylation is 2. The number of hydrogen-bond acceptors (Lipinski definition) is 4. The van der Waals surface area contributed by atoms with E-state index < -0.39 is 12.1 Å². The van der Waals surface area contributed by atoms with Crippen molar-refractivity contribution < 1.29 is 14.3 Å². The van der Waals surface area contributed by atoms with E-state index in [1.807, 2.05) is 45.2 Å². The maximum atomic E-state index is 12.8. The average molecular weight is 356 g/mol. The lowest BCUT2D eigenvalue weighted by molar-refractivity contribution is -0.162. The van der Waals surface area contributed by atoms with E-state index >= 15 is 0 Å². The smallest absolute Gasteiger partial charge is 0.251 e. The number of nitrogens with zero attached hydrogens (tertiary/aromatic N) is 3. The number of ether oxygens (including phenoxy) is 1. The van der Waals surface area contributed by atoms with Crippen molar-refractivity contribution in [1.29, 1.82) is 0 Å². The second-order valence-electron chi connectivity index (χ2n) is 6.69. The van der Waals surface area contributed by atoms with Gasteiger partial charge >= 0.3 is 0 Å². The topological polar surface area (TPSA) is 76.5 Å². The summed E-state index contributed by atoms with van der Waals surface area (Å²) in [6.45, 7) is 4.23. The van der Waals surface area contributed by atoms with Crippen molar-refractivity contribution in [3.05, 3.63) is 52.8 Å². The first-order valence-electron chi connectivity index (χ1n) is 8.57. The zero-order valence-corrected chi connectivity index (χ0v) is 15.5. The normalized spacial score (nSPS) is 20.3. The Morgan fingerprint density at radius 1 is 1.27 bits per heavy atom. The lowest BCUT2D eigenvalue weighted by Crippen LogP contribution is -2.52. The maximum Gasteiger partial charge on any atom is 0.251 e. The fourth-order valence-corrected chi connectivity index (χ4v) is 3.09. The van der Waals surface area contributed by atoms with Crippen LogP contribution in [0.1, 0.15) is 28.4 Å². The van der Waals surface area contributed by atoms with Gasteiger partial charge in [0.05, 0.1) is 12.2 Å². The van der Waals surface area contributed by atoms with Gasteiger partial charge in [-0.05, 0) is 19.4 Å². The number of likely N-dealkylation sites (N-methyl/N-ethyl adjacent to an activating group) is 1. The summed E-state index contributed by atoms with van der Waals surface area (Å²) in [5.74, 6) is -0.374. The van der Waals surface area contributed by atoms with Crippen LogP contribution in [0.5, 0.6) is 0 Å². The van der Waals surface area contributed by atoms with Crippen molar-refractivity contribution in [2.45, 2.75) is 32.5 Å². The Morgan fingerprint density at radius 3 is 2.58 bits per heavy atom. The van der Waals surface area contributed by atoms with E-state index in [9.17, 15) is 9.59 Å². The van der Waals surface area contributed by atoms with Crippen LogP contribution in [-0.2, 0) is 27.9 Å². The number of amides is 2. The number of morpholine rings is 1. The molecule has 2 heterocycles. The van der Waals surface area contributed by atoms with Gasteiger partial charge in [-0.3, -0.25) is 14.3 Å². The molecule has 7 nitrogen and oxygen atoms in total. The minimum Gasteiger partial charge on any atom is -0.356 e. The minimum absolute atomic E-state index is 0.0944. The third-order valence-electron chi connectivity index (χ3n) is 4.95. The fraction of sp³-hybridized carbons (Fsp3) is 0.421. The van der Waals surface area contributed by atoms with Crippen molar-refractivity contribution in [3.63, 3.8) is 0 Å². The van der Waals surface area contributed by atoms with Crippen molar-refractivity contribution in [1.82, 2.24) is 20.0 Å². The molecule has 2 aromatic rings. The molecule has 2 amide bonds. The molecule has 0 saturated carbocycles. The maximum absolute atomic E-state index is 12.8. The Hall–Kier alpha value is -2.67. The van der Waals surface area contributed by atoms with E-state index in [0.717, 1.165) is 22.4 Å². The molecule has 0 radical (unpaired) electrons. The SMILES string of the molecule is Cc1ccc([C@@H]2[C@H](C(=O)NCc3cnn(C)c3C)OCC(=O)N2C)cc1. The summed E-state index contributed by atoms with van der Waals surface area (Å²) in [6.07, 6.45) is 0.988. The minimum atomic E-state index is -0.752. The van der Waals surface area contributed by atoms with Gasteiger partial charge in [0.15, 0.2) is 6.10 Å². The Bertz CT molecular complexity index is 813. The third kappa shape index (κ3) is 3.48. The number of nitrogens with one attached hydrogen (secondary N) is 1. The molecule has 0 bridgehead atoms. The summed E-state index contributed by atoms with van der Waals surface area (Å²) < 4.78 is 7.38. The second-order valence-corrected chi connectivity index (χ2v) is 6.69. The van der Waals surface area contributed by atoms with Crippen LogP contribution < -0.4 is 5.32 Å². The lowest BCUT2D eigenvalue weighted by atomic mass is 9.96. The van der Waals surface area contributed by atoms with E-state index in [-0.39, 0.29) is 18.4 Å². The van der Waals surface area contributed by atoms with Gasteiger partial charge in [0.1, 0.15) is 6.61 Å². The Kier molecular flexibility index (Phi) is 5.08. The number of benzene rings is 1. The summed E-state index contributed by atoms with van der Waals surface area (Å²) in [5, 5.41) is 7.09. The number of hydrogen-bond donors (Lipinski definition) is 1. The molecule has 0 unspecified atom stereocenters. The highest BCUT2D eigenvalue weighted by atomic mass is 16.5. The highest BCUT2D eigenvalue weighted by molar-refractivity contribution is 5.86. The van der Waals surface area contributed by atoms with Crippen molar-refractivity contribution in [2.75, 3.05) is 13.7 Å². The van der Waals surface area contributed by atoms with Crippen LogP contribution in [0.2, 0.25) is 0 Å². The molecular formula is C19H24N4O3. The molecule has 0 aliphatic carbocycles. The quantitative estimate of drug-likeness (QED) is 0.895. The van der Waals surface area contributed by atoms with Crippen LogP contribution in [0, 0.1) is 13.8 Å². The first kappa shape index (κ1) is 18.1. The zero-order chi connectivity index (χ0) is 18.8. The molecule has 26 heavy (non-hydrogen) atoms. The van der Waals surface area contributed by atoms with Crippen LogP contribution in [0.3, 0.4) is 0 Å². The van der Waals surface area contributed by atoms with E-state index in [1.54, 1.807) is 22.8 Å². The van der Waals surface area contributed by atoms with Crippen molar-refractivity contribution in [2.24, 2.45) is 7.05 Å². The lowest BCUT2D eigenvalue weighted by Gasteiger charge is -2.38. The third-order valence-corrected chi connectivity index (χ3v) is 4.95. The van der Waals surface area contributed by atoms with Crippen LogP contribution in [0.25, 0.3) is 0 Å². The van der Waals surface area contributed by atoms with Gasteiger partial charge < -0.3 is 15.0 Å². The first-order chi connectivity index (χ1) is 12.4. The highest BCUT2D eigenvalue weighted by Crippen LogP contribution is 2.29. The monoisotopic (exact) mass is 356 g/mol. The van der Waals surface area contributed by atoms with Gasteiger partial charge in [0, 0.05) is 31.9 Å². The molecule has 1 aliphatic rings. The predicted molar refractivity (Wildman–Crippen MR) is 96.2 cm³/mol. The molecule has 0 spiro atoms. The molecule has 1 N–H and O–H groups in total. The van der Waals surface area contributed by atoms with Crippen LogP contribution in [0.4, 0.5) is 0 Å². The Balaban J connectivity index is 1.78. The molecule has 2 atom stereocenters. The summed E-state index contributed by atoms with van der Waals surface area (Å²) in [4.78, 5) is 26.5. The van der Waals surface area contributed by atoms with E-state index in [2.05, 4.69) is 10.4 Å². The number of carbonyl (C=O) groups excluding carboxylic acids is 2. The number of carbonyl (C=O) groups is 2. The summed E-state index contributed by atoms with van der Waals surface area (Å²) in [6, 6.07) is 7.35. The molecule has 138 valence electrons. The molecule has 1 fully saturated rings. The zero-order valence-electron chi connectivity index (χ0n) is 15.5. The first-order valence-corrected chi connectivity index (χ1v) is 8.57. The van der Waals surface area contributed by atoms with E-state index in [0.29, 0.717) is 6.54 Å². The largest absolute Gasteiger partial charge is 0.356 e. The predicted octanol–water partition coefficient (Wildman–Crippen LogP) is 1.25. The van der Waals surface area contributed by atoms with Crippen molar-refractivity contribution >= 4 is 11.8 Å². The molecule has 7 heteroatoms. The summed E-state index contributed by atoms with van der Waals surface area (Å²) in [5.41, 5.74) is 3.95. The molecule has 1 aromatic heterocycles. The molecule has 1 aromatic carbocycles. The Morgan fingerprint density at radius 2 is 1.96 bits per heavy atom. The van der Waals surface area contributed by atoms with Gasteiger partial charge in [0.2, 0.25) is 5.91 Å². The number of rotatable bonds is 4. The number of aromatic nitrogens is 2. The highest BCUT2D eigenvalue weighted by Gasteiger charge is 2.39. The van der Waals surface area contributed by atoms with E-state index in [1.165, 1.54) is 0 Å². The fourth-order valence-electron chi connectivity index (χ4n) is 3.09. The average Bonchev–Trinajstić information content (AvgIpc) is 2.94. The van der Waals surface area contributed by atoms with Crippen LogP contribution in [-0.4, -0.2) is 46.3 Å². The molecular weight excluding hydrogens is 332 g/mol. The Labute approximate surface area is 152 Å². The molecule has 1 aliphatic heterocycles. The molecule has 1 saturated heterocycles.